The van der Waals surface area contributed by atoms with Gasteiger partial charge in [0.05, 0.1) is 17.7 Å². The van der Waals surface area contributed by atoms with Crippen LogP contribution < -0.4 is 5.32 Å². The third-order valence-corrected chi connectivity index (χ3v) is 7.91. The van der Waals surface area contributed by atoms with Crippen LogP contribution in [0.15, 0.2) is 69.5 Å². The maximum Gasteiger partial charge on any atom is 0.251 e. The number of furan rings is 1. The molecule has 1 aromatic carbocycles. The topological polar surface area (TPSA) is 99.9 Å². The minimum atomic E-state index is -3.59. The normalized spacial score (nSPS) is 13.9. The van der Waals surface area contributed by atoms with Gasteiger partial charge in [-0.2, -0.15) is 4.31 Å². The second-order valence-corrected chi connectivity index (χ2v) is 9.50. The summed E-state index contributed by atoms with van der Waals surface area (Å²) in [5.41, 5.74) is -1.21. The number of hydrogen-bond acceptors (Lipinski definition) is 6. The molecule has 0 aliphatic carbocycles. The van der Waals surface area contributed by atoms with Gasteiger partial charge in [0.25, 0.3) is 5.91 Å². The average molecular weight is 449 g/mol. The molecule has 1 atom stereocenters. The monoisotopic (exact) mass is 448 g/mol. The molecule has 160 valence electrons. The number of benzene rings is 1. The number of thiophene rings is 1. The number of carbonyl (C=O) groups is 1. The number of aliphatic hydroxyl groups is 1. The Balaban J connectivity index is 1.76. The van der Waals surface area contributed by atoms with Crippen molar-refractivity contribution in [1.29, 1.82) is 0 Å². The van der Waals surface area contributed by atoms with Crippen molar-refractivity contribution in [3.05, 3.63) is 76.4 Å². The number of nitrogens with one attached hydrogen (secondary N) is 1. The zero-order chi connectivity index (χ0) is 21.8. The lowest BCUT2D eigenvalue weighted by molar-refractivity contribution is 0.0554. The number of sulfonamides is 1. The van der Waals surface area contributed by atoms with Crippen molar-refractivity contribution in [2.24, 2.45) is 0 Å². The molecule has 0 fully saturated rings. The van der Waals surface area contributed by atoms with Crippen molar-refractivity contribution in [3.8, 4) is 0 Å². The summed E-state index contributed by atoms with van der Waals surface area (Å²) in [5.74, 6) is -0.103. The Bertz CT molecular complexity index is 1020. The minimum absolute atomic E-state index is 0.0979. The number of hydrogen-bond donors (Lipinski definition) is 2. The first kappa shape index (κ1) is 22.2. The molecule has 30 heavy (non-hydrogen) atoms. The molecule has 0 aliphatic heterocycles. The smallest absolute Gasteiger partial charge is 0.251 e. The van der Waals surface area contributed by atoms with E-state index in [2.05, 4.69) is 5.32 Å². The molecule has 0 unspecified atom stereocenters. The predicted molar refractivity (Wildman–Crippen MR) is 115 cm³/mol. The molecular formula is C21H24N2O5S2. The van der Waals surface area contributed by atoms with Gasteiger partial charge in [0.15, 0.2) is 5.60 Å². The molecule has 0 spiro atoms. The van der Waals surface area contributed by atoms with Crippen LogP contribution in [0.2, 0.25) is 0 Å². The molecule has 0 saturated heterocycles. The highest BCUT2D eigenvalue weighted by Gasteiger charge is 2.36. The van der Waals surface area contributed by atoms with Crippen molar-refractivity contribution in [2.45, 2.75) is 24.3 Å². The van der Waals surface area contributed by atoms with Crippen molar-refractivity contribution in [2.75, 3.05) is 19.6 Å². The fourth-order valence-electron chi connectivity index (χ4n) is 3.12. The van der Waals surface area contributed by atoms with E-state index in [4.69, 9.17) is 4.42 Å². The van der Waals surface area contributed by atoms with E-state index in [9.17, 15) is 18.3 Å². The molecule has 0 radical (unpaired) electrons. The molecule has 2 heterocycles. The SMILES string of the molecule is CCN(CC)S(=O)(=O)c1ccc(C(=O)NC[C@](O)(c2ccco2)c2cccs2)cc1. The van der Waals surface area contributed by atoms with Gasteiger partial charge in [-0.15, -0.1) is 11.3 Å². The van der Waals surface area contributed by atoms with Crippen LogP contribution in [0, 0.1) is 0 Å². The Labute approximate surface area is 180 Å². The summed E-state index contributed by atoms with van der Waals surface area (Å²) < 4.78 is 31.9. The molecule has 3 rings (SSSR count). The van der Waals surface area contributed by atoms with E-state index in [0.29, 0.717) is 29.3 Å². The van der Waals surface area contributed by atoms with E-state index < -0.39 is 21.5 Å². The fraction of sp³-hybridized carbons (Fsp3) is 0.286. The first-order valence-corrected chi connectivity index (χ1v) is 11.8. The summed E-state index contributed by atoms with van der Waals surface area (Å²) in [4.78, 5) is 13.4. The number of amides is 1. The van der Waals surface area contributed by atoms with Crippen molar-refractivity contribution >= 4 is 27.3 Å². The first-order chi connectivity index (χ1) is 14.3. The van der Waals surface area contributed by atoms with Crippen LogP contribution in [-0.4, -0.2) is 43.4 Å². The van der Waals surface area contributed by atoms with Gasteiger partial charge >= 0.3 is 0 Å². The summed E-state index contributed by atoms with van der Waals surface area (Å²) >= 11 is 1.35. The van der Waals surface area contributed by atoms with Crippen LogP contribution in [0.25, 0.3) is 0 Å². The Kier molecular flexibility index (Phi) is 6.77. The second-order valence-electron chi connectivity index (χ2n) is 6.61. The first-order valence-electron chi connectivity index (χ1n) is 9.51. The van der Waals surface area contributed by atoms with Crippen molar-refractivity contribution in [1.82, 2.24) is 9.62 Å². The summed E-state index contributed by atoms with van der Waals surface area (Å²) in [6, 6.07) is 12.7. The Morgan fingerprint density at radius 1 is 1.13 bits per heavy atom. The Morgan fingerprint density at radius 3 is 2.37 bits per heavy atom. The van der Waals surface area contributed by atoms with Gasteiger partial charge in [-0.25, -0.2) is 8.42 Å². The maximum absolute atomic E-state index is 12.6. The van der Waals surface area contributed by atoms with Crippen LogP contribution in [0.3, 0.4) is 0 Å². The lowest BCUT2D eigenvalue weighted by Gasteiger charge is -2.25. The number of rotatable bonds is 9. The molecule has 7 nitrogen and oxygen atoms in total. The average Bonchev–Trinajstić information content (AvgIpc) is 3.47. The van der Waals surface area contributed by atoms with E-state index in [1.165, 1.54) is 46.2 Å². The molecule has 1 amide bonds. The highest BCUT2D eigenvalue weighted by molar-refractivity contribution is 7.89. The van der Waals surface area contributed by atoms with Crippen LogP contribution in [0.5, 0.6) is 0 Å². The minimum Gasteiger partial charge on any atom is -0.466 e. The number of nitrogens with zero attached hydrogens (tertiary/aromatic N) is 1. The standard InChI is InChI=1S/C21H24N2O5S2/c1-3-23(4-2)30(26,27)17-11-9-16(10-12-17)20(24)22-15-21(25,18-7-5-13-28-18)19-8-6-14-29-19/h5-14,25H,3-4,15H2,1-2H3,(H,22,24)/t21-/m0/s1. The third-order valence-electron chi connectivity index (χ3n) is 4.82. The van der Waals surface area contributed by atoms with Gasteiger partial charge in [-0.1, -0.05) is 19.9 Å². The predicted octanol–water partition coefficient (Wildman–Crippen LogP) is 3.04. The van der Waals surface area contributed by atoms with Gasteiger partial charge in [0, 0.05) is 23.5 Å². The highest BCUT2D eigenvalue weighted by atomic mass is 32.2. The zero-order valence-electron chi connectivity index (χ0n) is 16.7. The summed E-state index contributed by atoms with van der Waals surface area (Å²) in [7, 11) is -3.59. The quantitative estimate of drug-likeness (QED) is 0.524. The summed E-state index contributed by atoms with van der Waals surface area (Å²) in [5, 5.41) is 15.8. The molecule has 9 heteroatoms. The molecule has 3 aromatic rings. The molecule has 0 bridgehead atoms. The summed E-state index contributed by atoms with van der Waals surface area (Å²) in [6.45, 7) is 4.19. The van der Waals surface area contributed by atoms with Gasteiger partial charge in [0.2, 0.25) is 10.0 Å². The van der Waals surface area contributed by atoms with Crippen molar-refractivity contribution in [3.63, 3.8) is 0 Å². The van der Waals surface area contributed by atoms with Crippen LogP contribution in [0.1, 0.15) is 34.8 Å². The van der Waals surface area contributed by atoms with Gasteiger partial charge < -0.3 is 14.8 Å². The third kappa shape index (κ3) is 4.34. The van der Waals surface area contributed by atoms with E-state index in [1.54, 1.807) is 32.0 Å². The van der Waals surface area contributed by atoms with Gasteiger partial charge in [0.1, 0.15) is 5.76 Å². The largest absolute Gasteiger partial charge is 0.466 e. The molecule has 2 N–H and O–H groups in total. The molecule has 0 saturated carbocycles. The lowest BCUT2D eigenvalue weighted by atomic mass is 9.98. The van der Waals surface area contributed by atoms with Crippen molar-refractivity contribution < 1.29 is 22.7 Å². The van der Waals surface area contributed by atoms with E-state index >= 15 is 0 Å². The molecular weight excluding hydrogens is 424 g/mol. The highest BCUT2D eigenvalue weighted by Crippen LogP contribution is 2.32. The van der Waals surface area contributed by atoms with Crippen LogP contribution >= 0.6 is 11.3 Å². The molecule has 2 aromatic heterocycles. The van der Waals surface area contributed by atoms with Gasteiger partial charge in [-0.3, -0.25) is 4.79 Å². The second kappa shape index (κ2) is 9.13. The fourth-order valence-corrected chi connectivity index (χ4v) is 5.41. The molecule has 0 aliphatic rings. The number of carbonyl (C=O) groups excluding carboxylic acids is 1. The summed E-state index contributed by atoms with van der Waals surface area (Å²) in [6.07, 6.45) is 1.46. The van der Waals surface area contributed by atoms with Gasteiger partial charge in [-0.05, 0) is 47.8 Å². The maximum atomic E-state index is 12.6. The lowest BCUT2D eigenvalue weighted by Crippen LogP contribution is -2.41. The van der Waals surface area contributed by atoms with E-state index in [-0.39, 0.29) is 11.4 Å². The zero-order valence-corrected chi connectivity index (χ0v) is 18.4. The van der Waals surface area contributed by atoms with E-state index in [1.807, 2.05) is 11.4 Å². The Hall–Kier alpha value is -2.46. The Morgan fingerprint density at radius 2 is 1.83 bits per heavy atom. The van der Waals surface area contributed by atoms with Crippen LogP contribution in [0.4, 0.5) is 0 Å². The van der Waals surface area contributed by atoms with Crippen LogP contribution in [-0.2, 0) is 15.6 Å². The van der Waals surface area contributed by atoms with E-state index in [0.717, 1.165) is 0 Å².